The summed E-state index contributed by atoms with van der Waals surface area (Å²) < 4.78 is 5.49. The molecule has 1 fully saturated rings. The molecule has 0 saturated carbocycles. The van der Waals surface area contributed by atoms with Gasteiger partial charge in [0.25, 0.3) is 0 Å². The number of fused-ring (bicyclic) bond motifs is 1. The number of nitrogens with two attached hydrogens (primary N) is 1. The molecular weight excluding hydrogens is 1530 g/mol. The van der Waals surface area contributed by atoms with Crippen molar-refractivity contribution >= 4 is 104 Å². The molecule has 8 rings (SSSR count). The number of H-pyrrole nitrogens is 1. The normalized spacial score (nSPS) is 22.5. The summed E-state index contributed by atoms with van der Waals surface area (Å²) in [7, 11) is 1.65. The molecule has 620 valence electrons. The number of ether oxygens (including phenoxy) is 1. The van der Waals surface area contributed by atoms with Gasteiger partial charge in [-0.05, 0) is 96.8 Å². The number of phenols is 1. The highest BCUT2D eigenvalue weighted by molar-refractivity contribution is 8.76. The Hall–Kier alpha value is -11.4. The molecule has 1 saturated heterocycles. The van der Waals surface area contributed by atoms with E-state index in [1.165, 1.54) is 24.3 Å². The number of rotatable bonds is 24. The maximum atomic E-state index is 15.7. The number of aliphatic carboxylic acids is 1. The SMILES string of the molecule is CC(C)NCc1ccc(CC2NC(=O)C(Cc3c[nH]c4ccccc34)NC(=O)[C@H](Cc3ccccc3)NC(=O)C(Cc3ccccc3)NC(=O)[C@H](CCCCN)NC(=O)C(NC(=O)OCc3ccccc3)CSSC[C@@H](C(=O)O)NC(=O)[C@H](CO)NC(=O)C([C@@H](C)O)NC(=O)[C@H](Cc3ccc(O)cc3)NC(=O)C([C@@H](C)O)NC2=O)cc1. The second kappa shape index (κ2) is 45.6. The highest BCUT2D eigenvalue weighted by atomic mass is 33.1. The number of carbonyl (C=O) groups excluding carboxylic acids is 11. The van der Waals surface area contributed by atoms with Crippen LogP contribution in [0.1, 0.15) is 85.9 Å². The van der Waals surface area contributed by atoms with E-state index in [9.17, 15) is 59.1 Å². The Morgan fingerprint density at radius 2 is 0.871 bits per heavy atom. The van der Waals surface area contributed by atoms with Crippen LogP contribution in [0.15, 0.2) is 170 Å². The molecule has 0 radical (unpaired) electrons. The number of hydrogen-bond donors (Lipinski definition) is 19. The molecular formula is C82H102N14O18S2. The number of aromatic hydroxyl groups is 1. The van der Waals surface area contributed by atoms with Crippen LogP contribution in [0.2, 0.25) is 0 Å². The molecule has 0 aliphatic carbocycles. The van der Waals surface area contributed by atoms with Crippen molar-refractivity contribution in [1.82, 2.24) is 68.8 Å². The van der Waals surface area contributed by atoms with Crippen molar-refractivity contribution in [1.29, 1.82) is 0 Å². The molecule has 34 heteroatoms. The lowest BCUT2D eigenvalue weighted by Gasteiger charge is -2.29. The minimum atomic E-state index is -1.99. The second-order valence-corrected chi connectivity index (χ2v) is 31.0. The quantitative estimate of drug-likeness (QED) is 0.0300. The number of nitrogens with one attached hydrogen (secondary N) is 13. The summed E-state index contributed by atoms with van der Waals surface area (Å²) in [5.74, 6) is -13.2. The van der Waals surface area contributed by atoms with Gasteiger partial charge in [0.15, 0.2) is 0 Å². The van der Waals surface area contributed by atoms with Crippen LogP contribution < -0.4 is 69.5 Å². The number of amides is 11. The number of aromatic nitrogens is 1. The molecule has 1 aromatic heterocycles. The number of carboxylic acids is 1. The van der Waals surface area contributed by atoms with Crippen LogP contribution in [-0.2, 0) is 103 Å². The van der Waals surface area contributed by atoms with E-state index in [0.717, 1.165) is 41.0 Å². The average molecular weight is 1640 g/mol. The van der Waals surface area contributed by atoms with E-state index in [1.807, 2.05) is 13.8 Å². The van der Waals surface area contributed by atoms with E-state index in [0.29, 0.717) is 57.2 Å². The van der Waals surface area contributed by atoms with Crippen LogP contribution in [0, 0.1) is 0 Å². The molecule has 0 spiro atoms. The highest BCUT2D eigenvalue weighted by Crippen LogP contribution is 2.25. The first-order chi connectivity index (χ1) is 55.6. The average Bonchev–Trinajstić information content (AvgIpc) is 1.61. The van der Waals surface area contributed by atoms with Crippen LogP contribution in [0.4, 0.5) is 4.79 Å². The first kappa shape index (κ1) is 90.1. The number of aliphatic hydroxyl groups excluding tert-OH is 3. The van der Waals surface area contributed by atoms with E-state index < -0.39 is 169 Å². The van der Waals surface area contributed by atoms with Crippen molar-refractivity contribution in [3.8, 4) is 5.75 Å². The van der Waals surface area contributed by atoms with Crippen molar-refractivity contribution in [2.75, 3.05) is 24.7 Å². The van der Waals surface area contributed by atoms with Gasteiger partial charge in [-0.1, -0.05) is 181 Å². The number of benzene rings is 6. The molecule has 1 aliphatic heterocycles. The van der Waals surface area contributed by atoms with E-state index in [-0.39, 0.29) is 69.2 Å². The van der Waals surface area contributed by atoms with Gasteiger partial charge in [-0.15, -0.1) is 0 Å². The molecule has 20 N–H and O–H groups in total. The van der Waals surface area contributed by atoms with E-state index >= 15 is 24.0 Å². The molecule has 13 atom stereocenters. The Morgan fingerprint density at radius 1 is 0.466 bits per heavy atom. The number of aliphatic hydroxyl groups is 3. The van der Waals surface area contributed by atoms with Gasteiger partial charge < -0.3 is 105 Å². The van der Waals surface area contributed by atoms with Gasteiger partial charge in [0.1, 0.15) is 78.8 Å². The van der Waals surface area contributed by atoms with Crippen LogP contribution in [0.3, 0.4) is 0 Å². The summed E-state index contributed by atoms with van der Waals surface area (Å²) in [6, 6.07) is 26.6. The molecule has 6 aromatic carbocycles. The van der Waals surface area contributed by atoms with Crippen molar-refractivity contribution in [3.63, 3.8) is 0 Å². The highest BCUT2D eigenvalue weighted by Gasteiger charge is 2.39. The monoisotopic (exact) mass is 1630 g/mol. The summed E-state index contributed by atoms with van der Waals surface area (Å²) in [6.45, 7) is 5.44. The Labute approximate surface area is 678 Å². The van der Waals surface area contributed by atoms with Crippen molar-refractivity contribution in [2.45, 2.75) is 177 Å². The maximum Gasteiger partial charge on any atom is 0.408 e. The summed E-state index contributed by atoms with van der Waals surface area (Å²) >= 11 is 0. The fourth-order valence-corrected chi connectivity index (χ4v) is 14.7. The van der Waals surface area contributed by atoms with Gasteiger partial charge in [-0.2, -0.15) is 0 Å². The molecule has 2 heterocycles. The number of alkyl carbamates (subject to hydrolysis) is 1. The topological polar surface area (TPSA) is 501 Å². The first-order valence-corrected chi connectivity index (χ1v) is 40.5. The standard InChI is InChI=1S/C82H102N14O18S2/c1-47(2)84-41-54-29-27-52(28-30-54)38-63-75(105)95-69(48(3)98)79(109)91-64(39-53-31-33-57(100)34-32-53)76(106)96-70(49(4)99)80(110)92-66(43-97)77(107)93-68(81(111)112)46-116-115-45-67(94-82(113)114-44-55-22-12-7-13-23-55)78(108)86-60(26-16-17-35-83)71(101)87-61(36-50-18-8-5-9-19-50)72(102)88-62(37-51-20-10-6-11-21-51)73(103)90-65(74(104)89-63)40-56-42-85-59-25-15-14-24-58(56)59/h5-15,18-25,27-34,42,47-49,60-70,84-85,97-100H,16-17,26,35-41,43-46,83H2,1-4H3,(H,86,108)(H,87,101)(H,88,102)(H,89,104)(H,90,103)(H,91,109)(H,92,110)(H,93,107)(H,94,113)(H,95,105)(H,96,106)(H,111,112)/t48-,49-,60+,61?,62+,63?,64+,65?,66+,67?,68+,69?,70?/m1/s1. The minimum absolute atomic E-state index is 0.0754. The van der Waals surface area contributed by atoms with Crippen LogP contribution in [-0.4, -0.2) is 211 Å². The minimum Gasteiger partial charge on any atom is -0.508 e. The predicted octanol–water partition coefficient (Wildman–Crippen LogP) is 1.39. The Morgan fingerprint density at radius 3 is 1.35 bits per heavy atom. The zero-order chi connectivity index (χ0) is 83.8. The molecule has 0 bridgehead atoms. The number of aromatic amines is 1. The molecule has 116 heavy (non-hydrogen) atoms. The van der Waals surface area contributed by atoms with Crippen molar-refractivity contribution in [2.24, 2.45) is 5.73 Å². The number of carboxylic acid groups (broad SMARTS) is 1. The summed E-state index contributed by atoms with van der Waals surface area (Å²) in [5, 5.41) is 86.2. The molecule has 11 amide bonds. The van der Waals surface area contributed by atoms with Crippen molar-refractivity contribution in [3.05, 3.63) is 209 Å². The maximum absolute atomic E-state index is 15.7. The number of phenolic OH excluding ortho intramolecular Hbond substituents is 1. The van der Waals surface area contributed by atoms with Gasteiger partial charge in [0, 0.05) is 73.3 Å². The third kappa shape index (κ3) is 28.6. The second-order valence-electron chi connectivity index (χ2n) is 28.4. The van der Waals surface area contributed by atoms with Crippen LogP contribution in [0.5, 0.6) is 5.75 Å². The molecule has 32 nitrogen and oxygen atoms in total. The summed E-state index contributed by atoms with van der Waals surface area (Å²) in [4.78, 5) is 179. The zero-order valence-electron chi connectivity index (χ0n) is 64.6. The molecule has 1 aliphatic rings. The van der Waals surface area contributed by atoms with Gasteiger partial charge in [-0.3, -0.25) is 47.9 Å². The fraction of sp³-hybridized carbons (Fsp3) is 0.390. The van der Waals surface area contributed by atoms with Crippen molar-refractivity contribution < 1.29 is 87.8 Å². The van der Waals surface area contributed by atoms with Gasteiger partial charge in [-0.25, -0.2) is 9.59 Å². The van der Waals surface area contributed by atoms with Gasteiger partial charge >= 0.3 is 12.1 Å². The Kier molecular flexibility index (Phi) is 35.5. The van der Waals surface area contributed by atoms with E-state index in [1.54, 1.807) is 146 Å². The van der Waals surface area contributed by atoms with Gasteiger partial charge in [0.05, 0.1) is 18.8 Å². The number of hydrogen-bond acceptors (Lipinski definition) is 21. The molecule has 6 unspecified atom stereocenters. The number of para-hydroxylation sites is 1. The lowest BCUT2D eigenvalue weighted by molar-refractivity contribution is -0.142. The Balaban J connectivity index is 1.22. The fourth-order valence-electron chi connectivity index (χ4n) is 12.4. The lowest BCUT2D eigenvalue weighted by Crippen LogP contribution is -2.63. The van der Waals surface area contributed by atoms with Crippen LogP contribution in [0.25, 0.3) is 10.9 Å². The largest absolute Gasteiger partial charge is 0.508 e. The number of unbranched alkanes of at least 4 members (excludes halogenated alkanes) is 1. The molecule has 7 aromatic rings. The van der Waals surface area contributed by atoms with E-state index in [2.05, 4.69) is 68.8 Å². The Bertz CT molecular complexity index is 4440. The summed E-state index contributed by atoms with van der Waals surface area (Å²) in [6.07, 6.45) is -3.83. The smallest absolute Gasteiger partial charge is 0.408 e. The predicted molar refractivity (Wildman–Crippen MR) is 435 cm³/mol. The number of carbonyl (C=O) groups is 12. The van der Waals surface area contributed by atoms with Gasteiger partial charge in [0.2, 0.25) is 59.1 Å². The lowest BCUT2D eigenvalue weighted by atomic mass is 9.99. The zero-order valence-corrected chi connectivity index (χ0v) is 66.2. The summed E-state index contributed by atoms with van der Waals surface area (Å²) in [5.41, 5.74) is 10.4. The third-order valence-corrected chi connectivity index (χ3v) is 21.3. The first-order valence-electron chi connectivity index (χ1n) is 38.0. The van der Waals surface area contributed by atoms with E-state index in [4.69, 9.17) is 10.5 Å². The van der Waals surface area contributed by atoms with Crippen LogP contribution >= 0.6 is 21.6 Å². The third-order valence-electron chi connectivity index (χ3n) is 18.9.